The van der Waals surface area contributed by atoms with Crippen molar-refractivity contribution in [2.75, 3.05) is 18.8 Å². The van der Waals surface area contributed by atoms with Gasteiger partial charge in [-0.2, -0.15) is 4.31 Å². The molecule has 0 saturated carbocycles. The van der Waals surface area contributed by atoms with Gasteiger partial charge in [-0.05, 0) is 12.3 Å². The standard InChI is InChI=1S/C9H14N4O2S/c1-7-2-3-13(6-7)16(14,15)8-4-11-9(10)12-5-8/h4-5,7H,2-3,6H2,1H3,(H2,10,11,12). The minimum atomic E-state index is -3.44. The van der Waals surface area contributed by atoms with Crippen LogP contribution < -0.4 is 5.73 Å². The normalized spacial score (nSPS) is 22.4. The first-order valence-corrected chi connectivity index (χ1v) is 6.52. The number of rotatable bonds is 2. The molecule has 2 N–H and O–H groups in total. The number of nitrogens with two attached hydrogens (primary N) is 1. The zero-order valence-corrected chi connectivity index (χ0v) is 9.81. The van der Waals surface area contributed by atoms with E-state index in [0.717, 1.165) is 6.42 Å². The molecular formula is C9H14N4O2S. The largest absolute Gasteiger partial charge is 0.368 e. The molecule has 1 aromatic heterocycles. The highest BCUT2D eigenvalue weighted by molar-refractivity contribution is 7.89. The van der Waals surface area contributed by atoms with Gasteiger partial charge in [0.2, 0.25) is 16.0 Å². The van der Waals surface area contributed by atoms with Gasteiger partial charge in [0.15, 0.2) is 0 Å². The summed E-state index contributed by atoms with van der Waals surface area (Å²) in [5, 5.41) is 0. The summed E-state index contributed by atoms with van der Waals surface area (Å²) in [5.74, 6) is 0.484. The summed E-state index contributed by atoms with van der Waals surface area (Å²) in [5.41, 5.74) is 5.31. The van der Waals surface area contributed by atoms with Crippen LogP contribution >= 0.6 is 0 Å². The molecule has 0 spiro atoms. The number of nitrogen functional groups attached to an aromatic ring is 1. The lowest BCUT2D eigenvalue weighted by Crippen LogP contribution is -2.28. The second-order valence-corrected chi connectivity index (χ2v) is 5.97. The number of aromatic nitrogens is 2. The van der Waals surface area contributed by atoms with E-state index in [2.05, 4.69) is 9.97 Å². The highest BCUT2D eigenvalue weighted by atomic mass is 32.2. The second-order valence-electron chi connectivity index (χ2n) is 4.03. The molecule has 16 heavy (non-hydrogen) atoms. The van der Waals surface area contributed by atoms with E-state index in [1.54, 1.807) is 0 Å². The Morgan fingerprint density at radius 2 is 2.06 bits per heavy atom. The van der Waals surface area contributed by atoms with Crippen molar-refractivity contribution >= 4 is 16.0 Å². The zero-order chi connectivity index (χ0) is 11.8. The molecule has 0 aliphatic carbocycles. The molecule has 1 atom stereocenters. The molecule has 1 fully saturated rings. The van der Waals surface area contributed by atoms with Crippen LogP contribution in [0.3, 0.4) is 0 Å². The Hall–Kier alpha value is -1.21. The molecular weight excluding hydrogens is 228 g/mol. The highest BCUT2D eigenvalue weighted by Gasteiger charge is 2.30. The maximum absolute atomic E-state index is 12.1. The lowest BCUT2D eigenvalue weighted by molar-refractivity contribution is 0.464. The molecule has 1 unspecified atom stereocenters. The third kappa shape index (κ3) is 2.00. The number of anilines is 1. The molecule has 88 valence electrons. The van der Waals surface area contributed by atoms with Gasteiger partial charge >= 0.3 is 0 Å². The van der Waals surface area contributed by atoms with Crippen molar-refractivity contribution in [1.82, 2.24) is 14.3 Å². The Morgan fingerprint density at radius 3 is 2.56 bits per heavy atom. The first-order chi connectivity index (χ1) is 7.50. The average Bonchev–Trinajstić information content (AvgIpc) is 2.66. The van der Waals surface area contributed by atoms with Crippen LogP contribution in [0.1, 0.15) is 13.3 Å². The quantitative estimate of drug-likeness (QED) is 0.793. The fourth-order valence-electron chi connectivity index (χ4n) is 1.72. The SMILES string of the molecule is CC1CCN(S(=O)(=O)c2cnc(N)nc2)C1. The van der Waals surface area contributed by atoms with Crippen LogP contribution in [0, 0.1) is 5.92 Å². The Balaban J connectivity index is 2.29. The van der Waals surface area contributed by atoms with Crippen LogP contribution in [0.5, 0.6) is 0 Å². The van der Waals surface area contributed by atoms with E-state index < -0.39 is 10.0 Å². The van der Waals surface area contributed by atoms with Gasteiger partial charge in [-0.3, -0.25) is 0 Å². The van der Waals surface area contributed by atoms with Crippen molar-refractivity contribution < 1.29 is 8.42 Å². The van der Waals surface area contributed by atoms with E-state index in [9.17, 15) is 8.42 Å². The molecule has 0 aromatic carbocycles. The summed E-state index contributed by atoms with van der Waals surface area (Å²) in [6.45, 7) is 3.16. The lowest BCUT2D eigenvalue weighted by atomic mass is 10.2. The van der Waals surface area contributed by atoms with Crippen molar-refractivity contribution in [1.29, 1.82) is 0 Å². The highest BCUT2D eigenvalue weighted by Crippen LogP contribution is 2.23. The first kappa shape index (κ1) is 11.3. The van der Waals surface area contributed by atoms with Gasteiger partial charge in [-0.15, -0.1) is 0 Å². The van der Waals surface area contributed by atoms with Crippen LogP contribution in [-0.4, -0.2) is 35.8 Å². The average molecular weight is 242 g/mol. The number of hydrogen-bond donors (Lipinski definition) is 1. The summed E-state index contributed by atoms with van der Waals surface area (Å²) in [6, 6.07) is 0. The van der Waals surface area contributed by atoms with Crippen molar-refractivity contribution in [2.45, 2.75) is 18.2 Å². The second kappa shape index (κ2) is 3.99. The Kier molecular flexibility index (Phi) is 2.81. The van der Waals surface area contributed by atoms with Gasteiger partial charge < -0.3 is 5.73 Å². The van der Waals surface area contributed by atoms with E-state index >= 15 is 0 Å². The third-order valence-corrected chi connectivity index (χ3v) is 4.49. The molecule has 2 rings (SSSR count). The minimum Gasteiger partial charge on any atom is -0.368 e. The summed E-state index contributed by atoms with van der Waals surface area (Å²) in [7, 11) is -3.44. The number of sulfonamides is 1. The smallest absolute Gasteiger partial charge is 0.246 e. The van der Waals surface area contributed by atoms with Crippen LogP contribution in [0.25, 0.3) is 0 Å². The summed E-state index contributed by atoms with van der Waals surface area (Å²) in [6.07, 6.45) is 3.40. The van der Waals surface area contributed by atoms with Crippen molar-refractivity contribution in [2.24, 2.45) is 5.92 Å². The van der Waals surface area contributed by atoms with E-state index in [1.807, 2.05) is 6.92 Å². The monoisotopic (exact) mass is 242 g/mol. The molecule has 7 heteroatoms. The maximum atomic E-state index is 12.1. The predicted molar refractivity (Wildman–Crippen MR) is 59.0 cm³/mol. The summed E-state index contributed by atoms with van der Waals surface area (Å²) in [4.78, 5) is 7.50. The van der Waals surface area contributed by atoms with E-state index in [0.29, 0.717) is 19.0 Å². The third-order valence-electron chi connectivity index (χ3n) is 2.67. The first-order valence-electron chi connectivity index (χ1n) is 5.08. The van der Waals surface area contributed by atoms with Gasteiger partial charge in [0.25, 0.3) is 0 Å². The Bertz CT molecular complexity index is 471. The molecule has 1 aromatic rings. The van der Waals surface area contributed by atoms with Crippen molar-refractivity contribution in [3.8, 4) is 0 Å². The van der Waals surface area contributed by atoms with E-state index in [4.69, 9.17) is 5.73 Å². The summed E-state index contributed by atoms with van der Waals surface area (Å²) < 4.78 is 25.7. The Morgan fingerprint density at radius 1 is 1.44 bits per heavy atom. The molecule has 1 aliphatic heterocycles. The van der Waals surface area contributed by atoms with Gasteiger partial charge in [0.05, 0.1) is 12.4 Å². The number of hydrogen-bond acceptors (Lipinski definition) is 5. The molecule has 1 saturated heterocycles. The van der Waals surface area contributed by atoms with E-state index in [-0.39, 0.29) is 10.8 Å². The van der Waals surface area contributed by atoms with Gasteiger partial charge in [-0.1, -0.05) is 6.92 Å². The molecule has 0 radical (unpaired) electrons. The maximum Gasteiger partial charge on any atom is 0.246 e. The Labute approximate surface area is 94.6 Å². The molecule has 6 nitrogen and oxygen atoms in total. The zero-order valence-electron chi connectivity index (χ0n) is 9.00. The fraction of sp³-hybridized carbons (Fsp3) is 0.556. The van der Waals surface area contributed by atoms with Crippen LogP contribution in [0.2, 0.25) is 0 Å². The number of nitrogens with zero attached hydrogens (tertiary/aromatic N) is 3. The summed E-state index contributed by atoms with van der Waals surface area (Å²) >= 11 is 0. The van der Waals surface area contributed by atoms with Gasteiger partial charge in [0.1, 0.15) is 4.90 Å². The minimum absolute atomic E-state index is 0.0775. The predicted octanol–water partition coefficient (Wildman–Crippen LogP) is 0.0893. The lowest BCUT2D eigenvalue weighted by Gasteiger charge is -2.15. The topological polar surface area (TPSA) is 89.2 Å². The fourth-order valence-corrected chi connectivity index (χ4v) is 3.19. The molecule has 0 amide bonds. The van der Waals surface area contributed by atoms with Gasteiger partial charge in [-0.25, -0.2) is 18.4 Å². The van der Waals surface area contributed by atoms with Crippen molar-refractivity contribution in [3.05, 3.63) is 12.4 Å². The van der Waals surface area contributed by atoms with E-state index in [1.165, 1.54) is 16.7 Å². The van der Waals surface area contributed by atoms with Crippen molar-refractivity contribution in [3.63, 3.8) is 0 Å². The van der Waals surface area contributed by atoms with Crippen LogP contribution in [0.4, 0.5) is 5.95 Å². The van der Waals surface area contributed by atoms with Gasteiger partial charge in [0, 0.05) is 13.1 Å². The molecule has 0 bridgehead atoms. The molecule has 2 heterocycles. The van der Waals surface area contributed by atoms with Crippen LogP contribution in [0.15, 0.2) is 17.3 Å². The van der Waals surface area contributed by atoms with Crippen LogP contribution in [-0.2, 0) is 10.0 Å². The molecule has 1 aliphatic rings.